The number of hydrogen-bond donors (Lipinski definition) is 1. The van der Waals surface area contributed by atoms with Crippen molar-refractivity contribution in [1.82, 2.24) is 25.1 Å². The van der Waals surface area contributed by atoms with E-state index in [1.54, 1.807) is 11.1 Å². The summed E-state index contributed by atoms with van der Waals surface area (Å²) in [6.45, 7) is 0.634. The van der Waals surface area contributed by atoms with Gasteiger partial charge in [0.25, 0.3) is 0 Å². The van der Waals surface area contributed by atoms with Crippen molar-refractivity contribution in [3.63, 3.8) is 0 Å². The number of aromatic amines is 1. The van der Waals surface area contributed by atoms with Crippen molar-refractivity contribution >= 4 is 16.8 Å². The summed E-state index contributed by atoms with van der Waals surface area (Å²) in [5.74, 6) is 1.17. The van der Waals surface area contributed by atoms with Crippen molar-refractivity contribution in [2.45, 2.75) is 32.1 Å². The van der Waals surface area contributed by atoms with E-state index in [-0.39, 0.29) is 5.91 Å². The third-order valence-corrected chi connectivity index (χ3v) is 5.20. The molecule has 30 heavy (non-hydrogen) atoms. The van der Waals surface area contributed by atoms with Crippen LogP contribution >= 0.6 is 0 Å². The molecule has 0 bridgehead atoms. The maximum atomic E-state index is 12.4. The van der Waals surface area contributed by atoms with Gasteiger partial charge in [-0.1, -0.05) is 24.3 Å². The fraction of sp³-hybridized carbons (Fsp3) is 0.304. The van der Waals surface area contributed by atoms with Crippen LogP contribution in [-0.4, -0.2) is 44.6 Å². The lowest BCUT2D eigenvalue weighted by atomic mass is 10.1. The second-order valence-electron chi connectivity index (χ2n) is 7.34. The normalized spacial score (nSPS) is 11.1. The van der Waals surface area contributed by atoms with Crippen LogP contribution in [0.3, 0.4) is 0 Å². The molecule has 4 aromatic rings. The molecule has 7 nitrogen and oxygen atoms in total. The van der Waals surface area contributed by atoms with Gasteiger partial charge in [0.2, 0.25) is 17.7 Å². The first-order valence-corrected chi connectivity index (χ1v) is 10.2. The molecular formula is C23H25N5O2. The van der Waals surface area contributed by atoms with Gasteiger partial charge in [0, 0.05) is 68.3 Å². The number of aryl methyl sites for hydroxylation is 3. The lowest BCUT2D eigenvalue weighted by Crippen LogP contribution is -2.29. The Labute approximate surface area is 175 Å². The highest BCUT2D eigenvalue weighted by Gasteiger charge is 2.13. The minimum Gasteiger partial charge on any atom is -0.425 e. The van der Waals surface area contributed by atoms with E-state index in [1.807, 2.05) is 43.6 Å². The van der Waals surface area contributed by atoms with Crippen molar-refractivity contribution in [2.24, 2.45) is 0 Å². The molecule has 0 radical (unpaired) electrons. The first-order chi connectivity index (χ1) is 14.7. The molecule has 7 heteroatoms. The monoisotopic (exact) mass is 403 g/mol. The Bertz CT molecular complexity index is 1100. The smallest absolute Gasteiger partial charge is 0.222 e. The highest BCUT2D eigenvalue weighted by Crippen LogP contribution is 2.19. The number of nitrogens with zero attached hydrogens (tertiary/aromatic N) is 4. The third-order valence-electron chi connectivity index (χ3n) is 5.20. The molecule has 3 heterocycles. The number of fused-ring (bicyclic) bond motifs is 1. The summed E-state index contributed by atoms with van der Waals surface area (Å²) >= 11 is 0. The predicted molar refractivity (Wildman–Crippen MR) is 114 cm³/mol. The molecule has 0 atom stereocenters. The van der Waals surface area contributed by atoms with Crippen molar-refractivity contribution in [3.8, 4) is 0 Å². The first kappa shape index (κ1) is 19.8. The Morgan fingerprint density at radius 2 is 1.80 bits per heavy atom. The molecule has 1 amide bonds. The molecule has 0 spiro atoms. The predicted octanol–water partition coefficient (Wildman–Crippen LogP) is 3.36. The molecular weight excluding hydrogens is 378 g/mol. The summed E-state index contributed by atoms with van der Waals surface area (Å²) in [4.78, 5) is 21.7. The molecule has 0 saturated carbocycles. The Balaban J connectivity index is 1.23. The summed E-state index contributed by atoms with van der Waals surface area (Å²) in [5, 5.41) is 9.45. The highest BCUT2D eigenvalue weighted by atomic mass is 16.4. The summed E-state index contributed by atoms with van der Waals surface area (Å²) in [7, 11) is 1.81. The van der Waals surface area contributed by atoms with Crippen LogP contribution in [0, 0.1) is 0 Å². The molecule has 1 N–H and O–H groups in total. The van der Waals surface area contributed by atoms with Gasteiger partial charge in [-0.25, -0.2) is 0 Å². The van der Waals surface area contributed by atoms with E-state index in [2.05, 4.69) is 32.3 Å². The molecule has 0 fully saturated rings. The minimum atomic E-state index is 0.0597. The molecule has 1 aromatic carbocycles. The third kappa shape index (κ3) is 4.92. The second kappa shape index (κ2) is 9.35. The Hall–Kier alpha value is -3.48. The summed E-state index contributed by atoms with van der Waals surface area (Å²) < 4.78 is 5.74. The van der Waals surface area contributed by atoms with Crippen LogP contribution in [0.4, 0.5) is 0 Å². The van der Waals surface area contributed by atoms with Crippen LogP contribution in [0.2, 0.25) is 0 Å². The lowest BCUT2D eigenvalue weighted by Gasteiger charge is -2.16. The van der Waals surface area contributed by atoms with Crippen molar-refractivity contribution in [3.05, 3.63) is 77.9 Å². The first-order valence-electron chi connectivity index (χ1n) is 10.2. The molecule has 0 aliphatic carbocycles. The van der Waals surface area contributed by atoms with Crippen LogP contribution in [0.1, 0.15) is 29.5 Å². The maximum Gasteiger partial charge on any atom is 0.222 e. The molecule has 4 rings (SSSR count). The van der Waals surface area contributed by atoms with E-state index in [9.17, 15) is 4.79 Å². The molecule has 0 unspecified atom stereocenters. The van der Waals surface area contributed by atoms with Gasteiger partial charge in [0.05, 0.1) is 0 Å². The Morgan fingerprint density at radius 1 is 1.00 bits per heavy atom. The van der Waals surface area contributed by atoms with E-state index >= 15 is 0 Å². The molecule has 0 saturated heterocycles. The molecule has 0 aliphatic rings. The largest absolute Gasteiger partial charge is 0.425 e. The quantitative estimate of drug-likeness (QED) is 0.463. The zero-order valence-electron chi connectivity index (χ0n) is 17.0. The van der Waals surface area contributed by atoms with Gasteiger partial charge in [0.1, 0.15) is 0 Å². The zero-order chi connectivity index (χ0) is 20.8. The zero-order valence-corrected chi connectivity index (χ0v) is 17.0. The van der Waals surface area contributed by atoms with E-state index < -0.39 is 0 Å². The van der Waals surface area contributed by atoms with Crippen molar-refractivity contribution in [2.75, 3.05) is 13.6 Å². The van der Waals surface area contributed by atoms with Gasteiger partial charge in [-0.3, -0.25) is 9.78 Å². The molecule has 154 valence electrons. The number of hydrogen-bond acceptors (Lipinski definition) is 5. The molecule has 3 aromatic heterocycles. The van der Waals surface area contributed by atoms with Crippen molar-refractivity contribution in [1.29, 1.82) is 0 Å². The number of aromatic nitrogens is 4. The van der Waals surface area contributed by atoms with Crippen LogP contribution in [-0.2, 0) is 30.5 Å². The van der Waals surface area contributed by atoms with Crippen LogP contribution < -0.4 is 0 Å². The average Bonchev–Trinajstić information content (AvgIpc) is 3.42. The van der Waals surface area contributed by atoms with E-state index in [0.717, 1.165) is 24.1 Å². The standard InChI is InChI=1S/C23H25N5O2/c1-28(15-13-18-6-4-5-14-24-18)23(29)12-11-22-27-26-21(30-22)10-9-17-16-25-20-8-3-2-7-19(17)20/h2-8,14,16,25H,9-13,15H2,1H3. The topological polar surface area (TPSA) is 87.9 Å². The van der Waals surface area contributed by atoms with Crippen LogP contribution in [0.15, 0.2) is 59.3 Å². The SMILES string of the molecule is CN(CCc1ccccn1)C(=O)CCc1nnc(CCc2c[nH]c3ccccc23)o1. The van der Waals surface area contributed by atoms with E-state index in [4.69, 9.17) is 4.42 Å². The van der Waals surface area contributed by atoms with Gasteiger partial charge in [-0.2, -0.15) is 0 Å². The second-order valence-corrected chi connectivity index (χ2v) is 7.34. The van der Waals surface area contributed by atoms with Crippen LogP contribution in [0.25, 0.3) is 10.9 Å². The highest BCUT2D eigenvalue weighted by molar-refractivity contribution is 5.83. The average molecular weight is 403 g/mol. The minimum absolute atomic E-state index is 0.0597. The number of amides is 1. The number of para-hydroxylation sites is 1. The van der Waals surface area contributed by atoms with Crippen molar-refractivity contribution < 1.29 is 9.21 Å². The van der Waals surface area contributed by atoms with Gasteiger partial charge < -0.3 is 14.3 Å². The fourth-order valence-corrected chi connectivity index (χ4v) is 3.43. The number of carbonyl (C=O) groups is 1. The summed E-state index contributed by atoms with van der Waals surface area (Å²) in [5.41, 5.74) is 3.34. The van der Waals surface area contributed by atoms with E-state index in [0.29, 0.717) is 37.6 Å². The fourth-order valence-electron chi connectivity index (χ4n) is 3.43. The van der Waals surface area contributed by atoms with Gasteiger partial charge in [0.15, 0.2) is 0 Å². The number of pyridine rings is 1. The Kier molecular flexibility index (Phi) is 6.17. The summed E-state index contributed by atoms with van der Waals surface area (Å²) in [6, 6.07) is 14.0. The molecule has 0 aliphatic heterocycles. The van der Waals surface area contributed by atoms with Gasteiger partial charge in [-0.05, 0) is 30.2 Å². The number of benzene rings is 1. The van der Waals surface area contributed by atoms with Gasteiger partial charge >= 0.3 is 0 Å². The van der Waals surface area contributed by atoms with E-state index in [1.165, 1.54) is 10.9 Å². The summed E-state index contributed by atoms with van der Waals surface area (Å²) in [6.07, 6.45) is 6.83. The van der Waals surface area contributed by atoms with Crippen LogP contribution in [0.5, 0.6) is 0 Å². The number of nitrogens with one attached hydrogen (secondary N) is 1. The number of likely N-dealkylation sites (N-methyl/N-ethyl adjacent to an activating group) is 1. The number of H-pyrrole nitrogens is 1. The lowest BCUT2D eigenvalue weighted by molar-refractivity contribution is -0.129. The number of carbonyl (C=O) groups excluding carboxylic acids is 1. The van der Waals surface area contributed by atoms with Gasteiger partial charge in [-0.15, -0.1) is 10.2 Å². The number of rotatable bonds is 9. The Morgan fingerprint density at radius 3 is 2.63 bits per heavy atom. The maximum absolute atomic E-state index is 12.4.